The monoisotopic (exact) mass is 341 g/mol. The summed E-state index contributed by atoms with van der Waals surface area (Å²) >= 11 is 7.65. The van der Waals surface area contributed by atoms with E-state index in [-0.39, 0.29) is 5.91 Å². The highest BCUT2D eigenvalue weighted by molar-refractivity contribution is 7.23. The highest BCUT2D eigenvalue weighted by Crippen LogP contribution is 2.38. The Balaban J connectivity index is 2.34. The fourth-order valence-electron chi connectivity index (χ4n) is 2.15. The van der Waals surface area contributed by atoms with Crippen LogP contribution in [0.2, 0.25) is 5.02 Å². The molecule has 2 aromatic rings. The highest BCUT2D eigenvalue weighted by Gasteiger charge is 2.19. The third kappa shape index (κ3) is 3.69. The number of methoxy groups -OCH3 is 1. The number of aromatic nitrogens is 1. The first kappa shape index (κ1) is 17.0. The first-order valence-corrected chi connectivity index (χ1v) is 8.19. The molecule has 1 amide bonds. The zero-order chi connectivity index (χ0) is 16.3. The summed E-state index contributed by atoms with van der Waals surface area (Å²) in [4.78, 5) is 20.3. The van der Waals surface area contributed by atoms with Crippen LogP contribution in [-0.2, 0) is 4.79 Å². The van der Waals surface area contributed by atoms with Crippen LogP contribution in [0.15, 0.2) is 12.1 Å². The van der Waals surface area contributed by atoms with E-state index in [0.29, 0.717) is 28.0 Å². The number of ether oxygens (including phenoxy) is 1. The third-order valence-electron chi connectivity index (χ3n) is 3.27. The maximum absolute atomic E-state index is 12.0. The zero-order valence-electron chi connectivity index (χ0n) is 13.2. The summed E-state index contributed by atoms with van der Waals surface area (Å²) in [6.07, 6.45) is 0.882. The van der Waals surface area contributed by atoms with Crippen molar-refractivity contribution in [1.29, 1.82) is 0 Å². The highest BCUT2D eigenvalue weighted by atomic mass is 35.5. The molecule has 1 aromatic carbocycles. The number of fused-ring (bicyclic) bond motifs is 1. The molecule has 0 unspecified atom stereocenters. The molecule has 1 aromatic heterocycles. The first-order chi connectivity index (χ1) is 10.4. The number of thiazole rings is 1. The Morgan fingerprint density at radius 1 is 1.36 bits per heavy atom. The summed E-state index contributed by atoms with van der Waals surface area (Å²) in [5.41, 5.74) is 0.703. The number of hydrogen-bond donors (Lipinski definition) is 0. The van der Waals surface area contributed by atoms with Crippen LogP contribution in [-0.4, -0.2) is 50.1 Å². The van der Waals surface area contributed by atoms with Crippen molar-refractivity contribution in [1.82, 2.24) is 9.88 Å². The van der Waals surface area contributed by atoms with Gasteiger partial charge in [0.25, 0.3) is 0 Å². The predicted molar refractivity (Wildman–Crippen MR) is 92.4 cm³/mol. The second-order valence-electron chi connectivity index (χ2n) is 5.25. The van der Waals surface area contributed by atoms with Crippen molar-refractivity contribution in [2.24, 2.45) is 0 Å². The molecule has 0 atom stereocenters. The molecular weight excluding hydrogens is 322 g/mol. The van der Waals surface area contributed by atoms with E-state index in [1.807, 2.05) is 14.1 Å². The molecule has 0 aliphatic carbocycles. The van der Waals surface area contributed by atoms with Crippen molar-refractivity contribution >= 4 is 44.2 Å². The van der Waals surface area contributed by atoms with E-state index in [4.69, 9.17) is 16.3 Å². The molecule has 7 heteroatoms. The molecular formula is C15H20ClN3O2S. The van der Waals surface area contributed by atoms with E-state index in [1.54, 1.807) is 31.1 Å². The second kappa shape index (κ2) is 7.26. The van der Waals surface area contributed by atoms with Gasteiger partial charge in [-0.1, -0.05) is 22.9 Å². The minimum absolute atomic E-state index is 0.0205. The smallest absolute Gasteiger partial charge is 0.225 e. The number of amides is 1. The lowest BCUT2D eigenvalue weighted by Gasteiger charge is -2.19. The maximum Gasteiger partial charge on any atom is 0.225 e. The summed E-state index contributed by atoms with van der Waals surface area (Å²) in [7, 11) is 5.63. The van der Waals surface area contributed by atoms with Crippen LogP contribution in [0.5, 0.6) is 5.75 Å². The van der Waals surface area contributed by atoms with Crippen LogP contribution in [0, 0.1) is 0 Å². The number of rotatable bonds is 6. The lowest BCUT2D eigenvalue weighted by atomic mass is 10.3. The van der Waals surface area contributed by atoms with Crippen molar-refractivity contribution in [2.75, 3.05) is 39.2 Å². The fraction of sp³-hybridized carbons (Fsp3) is 0.467. The van der Waals surface area contributed by atoms with Gasteiger partial charge in [0.2, 0.25) is 5.91 Å². The van der Waals surface area contributed by atoms with Gasteiger partial charge in [-0.05, 0) is 39.2 Å². The number of halogens is 1. The van der Waals surface area contributed by atoms with Gasteiger partial charge in [-0.25, -0.2) is 4.98 Å². The van der Waals surface area contributed by atoms with Crippen molar-refractivity contribution < 1.29 is 9.53 Å². The minimum atomic E-state index is -0.0205. The van der Waals surface area contributed by atoms with E-state index < -0.39 is 0 Å². The van der Waals surface area contributed by atoms with Gasteiger partial charge in [0.1, 0.15) is 11.3 Å². The lowest BCUT2D eigenvalue weighted by molar-refractivity contribution is -0.116. The Labute approximate surface area is 139 Å². The third-order valence-corrected chi connectivity index (χ3v) is 4.80. The van der Waals surface area contributed by atoms with Crippen LogP contribution >= 0.6 is 22.9 Å². The van der Waals surface area contributed by atoms with Crippen molar-refractivity contribution in [2.45, 2.75) is 13.3 Å². The van der Waals surface area contributed by atoms with Gasteiger partial charge in [-0.2, -0.15) is 0 Å². The molecule has 0 saturated heterocycles. The molecule has 2 rings (SSSR count). The van der Waals surface area contributed by atoms with Crippen LogP contribution in [0.1, 0.15) is 13.3 Å². The van der Waals surface area contributed by atoms with Crippen LogP contribution in [0.25, 0.3) is 10.2 Å². The molecule has 0 aliphatic heterocycles. The first-order valence-electron chi connectivity index (χ1n) is 7.00. The number of carbonyl (C=O) groups excluding carboxylic acids is 1. The van der Waals surface area contributed by atoms with Gasteiger partial charge in [0, 0.05) is 13.5 Å². The van der Waals surface area contributed by atoms with E-state index in [1.165, 1.54) is 11.3 Å². The lowest BCUT2D eigenvalue weighted by Crippen LogP contribution is -2.31. The Morgan fingerprint density at radius 3 is 2.68 bits per heavy atom. The summed E-state index contributed by atoms with van der Waals surface area (Å²) < 4.78 is 6.17. The van der Waals surface area contributed by atoms with Crippen LogP contribution < -0.4 is 9.64 Å². The molecule has 0 N–H and O–H groups in total. The molecule has 120 valence electrons. The number of nitrogens with zero attached hydrogens (tertiary/aromatic N) is 3. The second-order valence-corrected chi connectivity index (χ2v) is 6.64. The molecule has 0 aliphatic rings. The van der Waals surface area contributed by atoms with Gasteiger partial charge in [0.15, 0.2) is 5.13 Å². The molecule has 0 saturated carbocycles. The van der Waals surface area contributed by atoms with E-state index in [9.17, 15) is 4.79 Å². The largest absolute Gasteiger partial charge is 0.494 e. The van der Waals surface area contributed by atoms with Crippen molar-refractivity contribution in [3.63, 3.8) is 0 Å². The van der Waals surface area contributed by atoms with Crippen molar-refractivity contribution in [3.8, 4) is 5.75 Å². The van der Waals surface area contributed by atoms with E-state index in [0.717, 1.165) is 17.7 Å². The van der Waals surface area contributed by atoms with Crippen LogP contribution in [0.3, 0.4) is 0 Å². The quantitative estimate of drug-likeness (QED) is 0.809. The zero-order valence-corrected chi connectivity index (χ0v) is 14.8. The number of carbonyl (C=O) groups is 1. The Bertz CT molecular complexity index is 672. The van der Waals surface area contributed by atoms with Gasteiger partial charge in [0.05, 0.1) is 16.8 Å². The fourth-order valence-corrected chi connectivity index (χ4v) is 3.48. The molecule has 0 spiro atoms. The summed E-state index contributed by atoms with van der Waals surface area (Å²) in [5, 5.41) is 1.28. The Kier molecular flexibility index (Phi) is 5.61. The number of benzene rings is 1. The summed E-state index contributed by atoms with van der Waals surface area (Å²) in [6.45, 7) is 3.10. The maximum atomic E-state index is 12.0. The molecule has 0 bridgehead atoms. The topological polar surface area (TPSA) is 45.7 Å². The molecule has 5 nitrogen and oxygen atoms in total. The average molecular weight is 342 g/mol. The van der Waals surface area contributed by atoms with E-state index >= 15 is 0 Å². The van der Waals surface area contributed by atoms with E-state index in [2.05, 4.69) is 9.88 Å². The van der Waals surface area contributed by atoms with Gasteiger partial charge in [-0.15, -0.1) is 0 Å². The molecule has 0 radical (unpaired) electrons. The summed E-state index contributed by atoms with van der Waals surface area (Å²) in [5.74, 6) is 0.645. The normalized spacial score (nSPS) is 11.2. The van der Waals surface area contributed by atoms with Crippen LogP contribution in [0.4, 0.5) is 5.13 Å². The Morgan fingerprint density at radius 2 is 2.09 bits per heavy atom. The molecule has 1 heterocycles. The van der Waals surface area contributed by atoms with Gasteiger partial charge in [-0.3, -0.25) is 9.69 Å². The van der Waals surface area contributed by atoms with Gasteiger partial charge < -0.3 is 9.64 Å². The van der Waals surface area contributed by atoms with Crippen molar-refractivity contribution in [3.05, 3.63) is 17.2 Å². The minimum Gasteiger partial charge on any atom is -0.494 e. The predicted octanol–water partition coefficient (Wildman–Crippen LogP) is 3.26. The Hall–Kier alpha value is -1.37. The molecule has 22 heavy (non-hydrogen) atoms. The van der Waals surface area contributed by atoms with Gasteiger partial charge >= 0.3 is 0 Å². The number of hydrogen-bond acceptors (Lipinski definition) is 5. The standard InChI is InChI=1S/C15H20ClN3O2S/c1-10(20)19(9-5-8-18(2)3)15-17-13-12(21-4)7-6-11(16)14(13)22-15/h6-7H,5,8-9H2,1-4H3. The summed E-state index contributed by atoms with van der Waals surface area (Å²) in [6, 6.07) is 3.58. The average Bonchev–Trinajstić information content (AvgIpc) is 2.89. The molecule has 0 fully saturated rings. The SMILES string of the molecule is COc1ccc(Cl)c2sc(N(CCCN(C)C)C(C)=O)nc12. The number of anilines is 1.